The third kappa shape index (κ3) is 7.89. The zero-order valence-electron chi connectivity index (χ0n) is 25.0. The predicted molar refractivity (Wildman–Crippen MR) is 171 cm³/mol. The summed E-state index contributed by atoms with van der Waals surface area (Å²) >= 11 is 6.34. The lowest BCUT2D eigenvalue weighted by Crippen LogP contribution is -2.32. The van der Waals surface area contributed by atoms with Crippen LogP contribution in [0, 0.1) is 0 Å². The predicted octanol–water partition coefficient (Wildman–Crippen LogP) is 9.36. The second-order valence-corrected chi connectivity index (χ2v) is 12.1. The molecule has 45 heavy (non-hydrogen) atoms. The Labute approximate surface area is 267 Å². The van der Waals surface area contributed by atoms with Gasteiger partial charge in [-0.1, -0.05) is 109 Å². The third-order valence-electron chi connectivity index (χ3n) is 8.76. The highest BCUT2D eigenvalue weighted by atomic mass is 35.5. The summed E-state index contributed by atoms with van der Waals surface area (Å²) in [7, 11) is 0. The van der Waals surface area contributed by atoms with Crippen LogP contribution in [0.5, 0.6) is 5.75 Å². The number of rotatable bonds is 13. The van der Waals surface area contributed by atoms with Gasteiger partial charge in [-0.2, -0.15) is 13.2 Å². The van der Waals surface area contributed by atoms with Gasteiger partial charge in [0.15, 0.2) is 0 Å². The molecule has 1 aliphatic carbocycles. The van der Waals surface area contributed by atoms with Crippen molar-refractivity contribution >= 4 is 17.6 Å². The van der Waals surface area contributed by atoms with Crippen LogP contribution in [0.3, 0.4) is 0 Å². The van der Waals surface area contributed by atoms with Crippen molar-refractivity contribution in [3.63, 3.8) is 0 Å². The number of benzene rings is 4. The van der Waals surface area contributed by atoms with E-state index in [1.807, 2.05) is 60.7 Å². The van der Waals surface area contributed by atoms with Gasteiger partial charge in [-0.3, -0.25) is 9.69 Å². The summed E-state index contributed by atoms with van der Waals surface area (Å²) in [5.74, 6) is -0.209. The van der Waals surface area contributed by atoms with E-state index in [2.05, 4.69) is 29.2 Å². The molecule has 236 valence electrons. The number of alkyl halides is 3. The van der Waals surface area contributed by atoms with Crippen molar-refractivity contribution in [1.82, 2.24) is 4.90 Å². The van der Waals surface area contributed by atoms with Gasteiger partial charge in [0, 0.05) is 25.6 Å². The average Bonchev–Trinajstić information content (AvgIpc) is 3.55. The minimum absolute atomic E-state index is 0.0202. The summed E-state index contributed by atoms with van der Waals surface area (Å²) in [5, 5.41) is 9.72. The molecule has 0 atom stereocenters. The quantitative estimate of drug-likeness (QED) is 0.149. The van der Waals surface area contributed by atoms with Crippen molar-refractivity contribution in [3.05, 3.63) is 136 Å². The third-order valence-corrected chi connectivity index (χ3v) is 9.21. The summed E-state index contributed by atoms with van der Waals surface area (Å²) < 4.78 is 47.1. The van der Waals surface area contributed by atoms with Gasteiger partial charge in [-0.25, -0.2) is 0 Å². The number of hydrogen-bond donors (Lipinski definition) is 1. The van der Waals surface area contributed by atoms with E-state index >= 15 is 0 Å². The van der Waals surface area contributed by atoms with Gasteiger partial charge in [0.1, 0.15) is 5.75 Å². The fraction of sp³-hybridized carbons (Fsp3) is 0.324. The number of ether oxygens (including phenoxy) is 1. The van der Waals surface area contributed by atoms with Crippen LogP contribution < -0.4 is 4.74 Å². The Bertz CT molecular complexity index is 1520. The van der Waals surface area contributed by atoms with Crippen LogP contribution in [0.2, 0.25) is 5.02 Å². The molecule has 0 aliphatic heterocycles. The van der Waals surface area contributed by atoms with E-state index in [1.165, 1.54) is 6.07 Å². The molecule has 4 aromatic carbocycles. The van der Waals surface area contributed by atoms with Crippen molar-refractivity contribution in [3.8, 4) is 5.75 Å². The molecule has 1 saturated carbocycles. The number of carbonyl (C=O) groups is 1. The maximum atomic E-state index is 13.7. The minimum atomic E-state index is -4.55. The molecule has 0 unspecified atom stereocenters. The Kier molecular flexibility index (Phi) is 10.5. The Hall–Kier alpha value is -3.81. The number of carboxylic acids is 1. The second kappa shape index (κ2) is 14.5. The van der Waals surface area contributed by atoms with Crippen LogP contribution in [0.1, 0.15) is 65.8 Å². The van der Waals surface area contributed by atoms with E-state index in [4.69, 9.17) is 16.3 Å². The molecule has 0 radical (unpaired) electrons. The van der Waals surface area contributed by atoms with Gasteiger partial charge in [-0.05, 0) is 59.7 Å². The lowest BCUT2D eigenvalue weighted by Gasteiger charge is -2.29. The molecule has 0 bridgehead atoms. The summed E-state index contributed by atoms with van der Waals surface area (Å²) in [6.45, 7) is 1.69. The lowest BCUT2D eigenvalue weighted by molar-refractivity contribution is -0.143. The molecular weight excluding hydrogens is 599 g/mol. The first-order valence-electron chi connectivity index (χ1n) is 15.3. The van der Waals surface area contributed by atoms with Crippen molar-refractivity contribution in [2.45, 2.75) is 56.2 Å². The summed E-state index contributed by atoms with van der Waals surface area (Å²) in [6.07, 6.45) is -0.951. The van der Waals surface area contributed by atoms with Crippen LogP contribution in [0.25, 0.3) is 0 Å². The molecule has 5 rings (SSSR count). The van der Waals surface area contributed by atoms with E-state index in [1.54, 1.807) is 6.07 Å². The number of aliphatic carboxylic acids is 1. The summed E-state index contributed by atoms with van der Waals surface area (Å²) in [6, 6.07) is 31.6. The fourth-order valence-corrected chi connectivity index (χ4v) is 6.69. The van der Waals surface area contributed by atoms with E-state index in [9.17, 15) is 23.1 Å². The Morgan fingerprint density at radius 1 is 0.889 bits per heavy atom. The molecule has 0 amide bonds. The average molecular weight is 636 g/mol. The molecule has 0 aromatic heterocycles. The van der Waals surface area contributed by atoms with Crippen molar-refractivity contribution in [1.29, 1.82) is 0 Å². The van der Waals surface area contributed by atoms with E-state index in [0.29, 0.717) is 50.3 Å². The highest BCUT2D eigenvalue weighted by molar-refractivity contribution is 6.32. The highest BCUT2D eigenvalue weighted by Gasteiger charge is 2.43. The first-order chi connectivity index (χ1) is 21.7. The first kappa shape index (κ1) is 32.6. The molecule has 0 spiro atoms. The fourth-order valence-electron chi connectivity index (χ4n) is 6.40. The van der Waals surface area contributed by atoms with E-state index in [-0.39, 0.29) is 17.5 Å². The lowest BCUT2D eigenvalue weighted by atomic mass is 9.79. The minimum Gasteiger partial charge on any atom is -0.494 e. The van der Waals surface area contributed by atoms with Gasteiger partial charge in [-0.15, -0.1) is 0 Å². The smallest absolute Gasteiger partial charge is 0.417 e. The first-order valence-corrected chi connectivity index (χ1v) is 15.7. The summed E-state index contributed by atoms with van der Waals surface area (Å²) in [5.41, 5.74) is 1.68. The number of hydrogen-bond acceptors (Lipinski definition) is 3. The van der Waals surface area contributed by atoms with E-state index in [0.717, 1.165) is 35.6 Å². The SMILES string of the molecule is O=C(O)C1(c2cccc(OCCCN(Cc3cccc(C(F)(F)F)c3Cl)CC(c3ccccc3)c3ccccc3)c2)CCCC1. The molecule has 1 fully saturated rings. The molecule has 0 heterocycles. The standard InChI is InChI=1S/C37H37ClF3NO3/c38-34-29(16-9-19-33(34)37(39,40)41)25-42(26-32(27-12-3-1-4-13-27)28-14-5-2-6-15-28)22-11-23-45-31-18-10-17-30(24-31)36(35(43)44)20-7-8-21-36/h1-6,9-10,12-19,24,32H,7-8,11,20-23,25-26H2,(H,43,44). The maximum Gasteiger partial charge on any atom is 0.417 e. The van der Waals surface area contributed by atoms with Crippen molar-refractivity contribution < 1.29 is 27.8 Å². The number of nitrogens with zero attached hydrogens (tertiary/aromatic N) is 1. The zero-order valence-corrected chi connectivity index (χ0v) is 25.7. The van der Waals surface area contributed by atoms with Crippen LogP contribution in [-0.2, 0) is 22.9 Å². The van der Waals surface area contributed by atoms with Gasteiger partial charge < -0.3 is 9.84 Å². The Morgan fingerprint density at radius 3 is 2.11 bits per heavy atom. The number of halogens is 4. The van der Waals surface area contributed by atoms with Crippen molar-refractivity contribution in [2.24, 2.45) is 0 Å². The zero-order chi connectivity index (χ0) is 31.9. The monoisotopic (exact) mass is 635 g/mol. The van der Waals surface area contributed by atoms with Crippen molar-refractivity contribution in [2.75, 3.05) is 19.7 Å². The highest BCUT2D eigenvalue weighted by Crippen LogP contribution is 2.42. The van der Waals surface area contributed by atoms with Crippen LogP contribution in [-0.4, -0.2) is 35.7 Å². The van der Waals surface area contributed by atoms with Crippen LogP contribution in [0.15, 0.2) is 103 Å². The normalized spacial score (nSPS) is 14.6. The molecule has 8 heteroatoms. The van der Waals surface area contributed by atoms with Crippen LogP contribution in [0.4, 0.5) is 13.2 Å². The molecule has 1 aliphatic rings. The molecule has 1 N–H and O–H groups in total. The molecular formula is C37H37ClF3NO3. The second-order valence-electron chi connectivity index (χ2n) is 11.7. The van der Waals surface area contributed by atoms with E-state index < -0.39 is 23.1 Å². The number of carboxylic acid groups (broad SMARTS) is 1. The topological polar surface area (TPSA) is 49.8 Å². The summed E-state index contributed by atoms with van der Waals surface area (Å²) in [4.78, 5) is 14.3. The maximum absolute atomic E-state index is 13.7. The Balaban J connectivity index is 1.35. The largest absolute Gasteiger partial charge is 0.494 e. The van der Waals surface area contributed by atoms with Gasteiger partial charge in [0.05, 0.1) is 22.6 Å². The Morgan fingerprint density at radius 2 is 1.51 bits per heavy atom. The van der Waals surface area contributed by atoms with Gasteiger partial charge in [0.2, 0.25) is 0 Å². The van der Waals surface area contributed by atoms with Gasteiger partial charge >= 0.3 is 12.1 Å². The van der Waals surface area contributed by atoms with Crippen LogP contribution >= 0.6 is 11.6 Å². The van der Waals surface area contributed by atoms with Gasteiger partial charge in [0.25, 0.3) is 0 Å². The molecule has 4 aromatic rings. The molecule has 0 saturated heterocycles. The molecule has 4 nitrogen and oxygen atoms in total.